The largest absolute Gasteiger partial charge is 0.243 e. The second-order valence-corrected chi connectivity index (χ2v) is 2.42. The maximum atomic E-state index is 5.67. The zero-order chi connectivity index (χ0) is 6.69. The highest BCUT2D eigenvalue weighted by Crippen LogP contribution is 2.12. The van der Waals surface area contributed by atoms with Gasteiger partial charge in [-0.3, -0.25) is 0 Å². The minimum atomic E-state index is 0.606. The van der Waals surface area contributed by atoms with Crippen LogP contribution in [0.25, 0.3) is 0 Å². The second kappa shape index (κ2) is 3.13. The zero-order valence-electron chi connectivity index (χ0n) is 4.51. The highest BCUT2D eigenvalue weighted by Gasteiger charge is 1.95. The molecule has 48 valence electrons. The molecule has 0 fully saturated rings. The third kappa shape index (κ3) is 1.63. The lowest BCUT2D eigenvalue weighted by molar-refractivity contribution is 1.09. The van der Waals surface area contributed by atoms with Gasteiger partial charge in [0.2, 0.25) is 0 Å². The second-order valence-electron chi connectivity index (χ2n) is 1.45. The first-order valence-corrected chi connectivity index (χ1v) is 3.85. The van der Waals surface area contributed by atoms with E-state index in [1.165, 1.54) is 6.33 Å². The van der Waals surface area contributed by atoms with Gasteiger partial charge in [0.1, 0.15) is 6.33 Å². The van der Waals surface area contributed by atoms with Crippen molar-refractivity contribution in [2.45, 2.75) is 5.33 Å². The molecular formula is C5H4BrClN2. The third-order valence-corrected chi connectivity index (χ3v) is 1.72. The van der Waals surface area contributed by atoms with Crippen LogP contribution in [0, 0.1) is 0 Å². The van der Waals surface area contributed by atoms with Crippen LogP contribution in [-0.4, -0.2) is 9.97 Å². The Morgan fingerprint density at radius 2 is 2.44 bits per heavy atom. The minimum absolute atomic E-state index is 0.606. The molecule has 0 saturated heterocycles. The Morgan fingerprint density at radius 1 is 1.67 bits per heavy atom. The normalized spacial score (nSPS) is 9.56. The molecule has 1 heterocycles. The quantitative estimate of drug-likeness (QED) is 0.659. The van der Waals surface area contributed by atoms with Gasteiger partial charge in [-0.25, -0.2) is 9.97 Å². The molecule has 0 atom stereocenters. The van der Waals surface area contributed by atoms with E-state index in [1.807, 2.05) is 0 Å². The van der Waals surface area contributed by atoms with Gasteiger partial charge in [-0.2, -0.15) is 0 Å². The average molecular weight is 207 g/mol. The summed E-state index contributed by atoms with van der Waals surface area (Å²) in [6.07, 6.45) is 3.05. The summed E-state index contributed by atoms with van der Waals surface area (Å²) in [7, 11) is 0. The minimum Gasteiger partial charge on any atom is -0.243 e. The molecule has 0 amide bonds. The summed E-state index contributed by atoms with van der Waals surface area (Å²) in [5.74, 6) is 0. The van der Waals surface area contributed by atoms with Crippen LogP contribution in [0.3, 0.4) is 0 Å². The van der Waals surface area contributed by atoms with Crippen molar-refractivity contribution in [3.63, 3.8) is 0 Å². The lowest BCUT2D eigenvalue weighted by Gasteiger charge is -1.93. The SMILES string of the molecule is Clc1cncnc1CBr. The van der Waals surface area contributed by atoms with Crippen molar-refractivity contribution in [2.75, 3.05) is 0 Å². The Kier molecular flexibility index (Phi) is 2.42. The number of hydrogen-bond donors (Lipinski definition) is 0. The molecule has 0 saturated carbocycles. The number of halogens is 2. The van der Waals surface area contributed by atoms with E-state index in [4.69, 9.17) is 11.6 Å². The summed E-state index contributed by atoms with van der Waals surface area (Å²) in [5, 5.41) is 1.28. The Hall–Kier alpha value is -0.150. The van der Waals surface area contributed by atoms with Gasteiger partial charge in [-0.05, 0) is 0 Å². The number of rotatable bonds is 1. The summed E-state index contributed by atoms with van der Waals surface area (Å²) in [4.78, 5) is 7.64. The van der Waals surface area contributed by atoms with E-state index in [2.05, 4.69) is 25.9 Å². The molecule has 4 heteroatoms. The van der Waals surface area contributed by atoms with Crippen LogP contribution < -0.4 is 0 Å². The topological polar surface area (TPSA) is 25.8 Å². The van der Waals surface area contributed by atoms with Gasteiger partial charge in [0, 0.05) is 11.5 Å². The highest BCUT2D eigenvalue weighted by molar-refractivity contribution is 9.08. The molecule has 1 aromatic heterocycles. The molecule has 0 aliphatic carbocycles. The van der Waals surface area contributed by atoms with E-state index < -0.39 is 0 Å². The molecule has 0 bridgehead atoms. The van der Waals surface area contributed by atoms with Crippen LogP contribution in [0.2, 0.25) is 5.02 Å². The van der Waals surface area contributed by atoms with Gasteiger partial charge in [0.15, 0.2) is 0 Å². The number of hydrogen-bond acceptors (Lipinski definition) is 2. The zero-order valence-corrected chi connectivity index (χ0v) is 6.85. The fraction of sp³-hybridized carbons (Fsp3) is 0.200. The van der Waals surface area contributed by atoms with E-state index in [0.29, 0.717) is 10.4 Å². The standard InChI is InChI=1S/C5H4BrClN2/c6-1-5-4(7)2-8-3-9-5/h2-3H,1H2. The number of nitrogens with zero attached hydrogens (tertiary/aromatic N) is 2. The maximum absolute atomic E-state index is 5.67. The molecule has 0 spiro atoms. The molecule has 1 rings (SSSR count). The van der Waals surface area contributed by atoms with Crippen molar-refractivity contribution < 1.29 is 0 Å². The summed E-state index contributed by atoms with van der Waals surface area (Å²) in [6, 6.07) is 0. The number of alkyl halides is 1. The van der Waals surface area contributed by atoms with Crippen LogP contribution in [0.4, 0.5) is 0 Å². The van der Waals surface area contributed by atoms with Crippen LogP contribution in [0.15, 0.2) is 12.5 Å². The van der Waals surface area contributed by atoms with Crippen LogP contribution in [0.5, 0.6) is 0 Å². The summed E-state index contributed by atoms with van der Waals surface area (Å²) in [6.45, 7) is 0. The monoisotopic (exact) mass is 206 g/mol. The Balaban J connectivity index is 3.01. The van der Waals surface area contributed by atoms with E-state index >= 15 is 0 Å². The maximum Gasteiger partial charge on any atom is 0.115 e. The summed E-state index contributed by atoms with van der Waals surface area (Å²) in [5.41, 5.74) is 0.826. The molecular weight excluding hydrogens is 203 g/mol. The summed E-state index contributed by atoms with van der Waals surface area (Å²) >= 11 is 8.90. The van der Waals surface area contributed by atoms with Crippen molar-refractivity contribution >= 4 is 27.5 Å². The first-order valence-electron chi connectivity index (χ1n) is 2.35. The predicted molar refractivity (Wildman–Crippen MR) is 39.7 cm³/mol. The highest BCUT2D eigenvalue weighted by atomic mass is 79.9. The third-order valence-electron chi connectivity index (χ3n) is 0.870. The smallest absolute Gasteiger partial charge is 0.115 e. The lowest BCUT2D eigenvalue weighted by Crippen LogP contribution is -1.85. The van der Waals surface area contributed by atoms with Gasteiger partial charge in [-0.1, -0.05) is 27.5 Å². The van der Waals surface area contributed by atoms with Gasteiger partial charge >= 0.3 is 0 Å². The van der Waals surface area contributed by atoms with Gasteiger partial charge < -0.3 is 0 Å². The van der Waals surface area contributed by atoms with Crippen molar-refractivity contribution in [3.05, 3.63) is 23.2 Å². The number of aromatic nitrogens is 2. The van der Waals surface area contributed by atoms with Gasteiger partial charge in [0.05, 0.1) is 10.7 Å². The van der Waals surface area contributed by atoms with Gasteiger partial charge in [-0.15, -0.1) is 0 Å². The molecule has 0 N–H and O–H groups in total. The van der Waals surface area contributed by atoms with E-state index in [0.717, 1.165) is 5.69 Å². The molecule has 9 heavy (non-hydrogen) atoms. The molecule has 2 nitrogen and oxygen atoms in total. The molecule has 0 radical (unpaired) electrons. The first kappa shape index (κ1) is 6.96. The first-order chi connectivity index (χ1) is 4.34. The molecule has 0 unspecified atom stereocenters. The van der Waals surface area contributed by atoms with E-state index in [-0.39, 0.29) is 0 Å². The van der Waals surface area contributed by atoms with Crippen LogP contribution in [0.1, 0.15) is 5.69 Å². The Bertz CT molecular complexity index is 204. The molecule has 0 aromatic carbocycles. The molecule has 0 aliphatic rings. The van der Waals surface area contributed by atoms with Crippen molar-refractivity contribution in [1.29, 1.82) is 0 Å². The molecule has 0 aliphatic heterocycles. The lowest BCUT2D eigenvalue weighted by atomic mass is 10.5. The van der Waals surface area contributed by atoms with Crippen molar-refractivity contribution in [1.82, 2.24) is 9.97 Å². The van der Waals surface area contributed by atoms with Crippen LogP contribution >= 0.6 is 27.5 Å². The average Bonchev–Trinajstić information content (AvgIpc) is 1.89. The fourth-order valence-corrected chi connectivity index (χ4v) is 1.22. The Labute approximate surface area is 66.4 Å². The van der Waals surface area contributed by atoms with Crippen molar-refractivity contribution in [2.24, 2.45) is 0 Å². The molecule has 1 aromatic rings. The Morgan fingerprint density at radius 3 is 2.89 bits per heavy atom. The van der Waals surface area contributed by atoms with E-state index in [1.54, 1.807) is 6.20 Å². The fourth-order valence-electron chi connectivity index (χ4n) is 0.436. The van der Waals surface area contributed by atoms with E-state index in [9.17, 15) is 0 Å². The van der Waals surface area contributed by atoms with Gasteiger partial charge in [0.25, 0.3) is 0 Å². The summed E-state index contributed by atoms with van der Waals surface area (Å²) < 4.78 is 0. The van der Waals surface area contributed by atoms with Crippen molar-refractivity contribution in [3.8, 4) is 0 Å². The predicted octanol–water partition coefficient (Wildman–Crippen LogP) is 2.02. The van der Waals surface area contributed by atoms with Crippen LogP contribution in [-0.2, 0) is 5.33 Å².